The van der Waals surface area contributed by atoms with Crippen LogP contribution in [0.4, 0.5) is 0 Å². The zero-order chi connectivity index (χ0) is 102. The molecule has 10 amide bonds. The fourth-order valence-electron chi connectivity index (χ4n) is 22.2. The van der Waals surface area contributed by atoms with E-state index in [1.807, 2.05) is 201 Å². The number of hydrogen-bond donors (Lipinski definition) is 5. The SMILES string of the molecule is C=CC(=O)N1CC(N2Cc3cc(-c4cc(O)cc5ccccc45)ccc3C2=O)C1.C=CC(=O)N1CC(N2Cc3ccc(-c4c(C)ccc5[nH]ncc45)cc3C2=O)C1.C=CC(=O)N1CC(N2Cc3ccc(-c4cc(O)cc5ccccc45)cc3C2=O)C1.C=CC(=O)N1CC(N2Cc3ccc(-c4cc(O)cc5ccccc45)cc3CC2=O)C1.C=CC(=O)N1CCCC(N2Cc3ccc(-c4cc(O)cc5ccccc45)cc3C2=O)C1. The Bertz CT molecular complexity index is 8040. The fourth-order valence-corrected chi connectivity index (χ4v) is 22.2. The number of aryl methyl sites for hydroxylation is 1. The molecule has 14 aromatic carbocycles. The van der Waals surface area contributed by atoms with Crippen molar-refractivity contribution in [2.75, 3.05) is 65.4 Å². The maximum atomic E-state index is 13.3. The molecule has 5 saturated heterocycles. The van der Waals surface area contributed by atoms with Crippen molar-refractivity contribution >= 4 is 113 Å². The monoisotopic (exact) mass is 1950 g/mol. The van der Waals surface area contributed by atoms with E-state index in [0.29, 0.717) is 121 Å². The van der Waals surface area contributed by atoms with Crippen LogP contribution in [0.15, 0.2) is 318 Å². The molecule has 1 unspecified atom stereocenters. The third-order valence-corrected chi connectivity index (χ3v) is 30.2. The Morgan fingerprint density at radius 2 is 0.633 bits per heavy atom. The number of phenols is 4. The van der Waals surface area contributed by atoms with Crippen LogP contribution in [0, 0.1) is 6.92 Å². The van der Waals surface area contributed by atoms with Crippen molar-refractivity contribution in [3.8, 4) is 78.6 Å². The van der Waals surface area contributed by atoms with E-state index < -0.39 is 0 Å². The number of likely N-dealkylation sites (tertiary alicyclic amines) is 5. The van der Waals surface area contributed by atoms with Gasteiger partial charge in [0.25, 0.3) is 23.6 Å². The van der Waals surface area contributed by atoms with E-state index in [-0.39, 0.29) is 112 Å². The lowest BCUT2D eigenvalue weighted by Gasteiger charge is -2.46. The average molecular weight is 1950 g/mol. The highest BCUT2D eigenvalue weighted by molar-refractivity contribution is 6.08. The lowest BCUT2D eigenvalue weighted by molar-refractivity contribution is -0.145. The second kappa shape index (κ2) is 39.5. The summed E-state index contributed by atoms with van der Waals surface area (Å²) in [5, 5.41) is 57.0. The van der Waals surface area contributed by atoms with Crippen molar-refractivity contribution in [3.05, 3.63) is 379 Å². The van der Waals surface area contributed by atoms with Crippen molar-refractivity contribution in [1.29, 1.82) is 0 Å². The lowest BCUT2D eigenvalue weighted by atomic mass is 9.91. The Labute approximate surface area is 848 Å². The van der Waals surface area contributed by atoms with Crippen molar-refractivity contribution in [1.82, 2.24) is 59.2 Å². The maximum Gasteiger partial charge on any atom is 0.254 e. The van der Waals surface area contributed by atoms with Crippen LogP contribution in [0.5, 0.6) is 23.0 Å². The van der Waals surface area contributed by atoms with Crippen LogP contribution in [0.2, 0.25) is 0 Å². The van der Waals surface area contributed by atoms with Crippen LogP contribution in [0.1, 0.15) is 93.2 Å². The first-order valence-corrected chi connectivity index (χ1v) is 49.3. The molecule has 0 saturated carbocycles. The minimum Gasteiger partial charge on any atom is -0.508 e. The van der Waals surface area contributed by atoms with Gasteiger partial charge in [-0.2, -0.15) is 5.10 Å². The number of carbonyl (C=O) groups excluding carboxylic acids is 10. The lowest BCUT2D eigenvalue weighted by Crippen LogP contribution is -2.62. The molecule has 147 heavy (non-hydrogen) atoms. The number of nitrogens with one attached hydrogen (secondary N) is 1. The Morgan fingerprint density at radius 1 is 0.313 bits per heavy atom. The second-order valence-electron chi connectivity index (χ2n) is 39.0. The van der Waals surface area contributed by atoms with Crippen molar-refractivity contribution in [2.24, 2.45) is 0 Å². The fraction of sp³-hybridized carbons (Fsp3) is 0.198. The summed E-state index contributed by atoms with van der Waals surface area (Å²) in [5.41, 5.74) is 20.8. The summed E-state index contributed by atoms with van der Waals surface area (Å²) in [4.78, 5) is 142. The van der Waals surface area contributed by atoms with Gasteiger partial charge in [-0.15, -0.1) is 0 Å². The molecule has 10 aliphatic heterocycles. The molecule has 734 valence electrons. The van der Waals surface area contributed by atoms with Crippen molar-refractivity contribution in [2.45, 2.75) is 89.1 Å². The van der Waals surface area contributed by atoms with Gasteiger partial charge >= 0.3 is 0 Å². The van der Waals surface area contributed by atoms with E-state index in [1.165, 1.54) is 30.4 Å². The number of aromatic nitrogens is 2. The Hall–Kier alpha value is -17.8. The minimum atomic E-state index is -0.0940. The van der Waals surface area contributed by atoms with Crippen molar-refractivity contribution < 1.29 is 68.4 Å². The zero-order valence-corrected chi connectivity index (χ0v) is 81.1. The number of nitrogens with zero attached hydrogens (tertiary/aromatic N) is 11. The van der Waals surface area contributed by atoms with Gasteiger partial charge in [0.1, 0.15) is 23.0 Å². The molecule has 10 aliphatic rings. The number of aromatic amines is 1. The summed E-state index contributed by atoms with van der Waals surface area (Å²) < 4.78 is 0. The molecule has 5 fully saturated rings. The molecule has 26 nitrogen and oxygen atoms in total. The molecule has 5 N–H and O–H groups in total. The Morgan fingerprint density at radius 3 is 1.04 bits per heavy atom. The highest BCUT2D eigenvalue weighted by Crippen LogP contribution is 2.45. The molecule has 25 rings (SSSR count). The van der Waals surface area contributed by atoms with Gasteiger partial charge < -0.3 is 69.4 Å². The van der Waals surface area contributed by atoms with Crippen LogP contribution in [0.25, 0.3) is 110 Å². The van der Waals surface area contributed by atoms with Crippen LogP contribution in [-0.4, -0.2) is 234 Å². The molecule has 11 heterocycles. The number of H-pyrrole nitrogens is 1. The van der Waals surface area contributed by atoms with Gasteiger partial charge in [0.2, 0.25) is 35.4 Å². The van der Waals surface area contributed by atoms with E-state index in [9.17, 15) is 68.4 Å². The van der Waals surface area contributed by atoms with E-state index >= 15 is 0 Å². The summed E-state index contributed by atoms with van der Waals surface area (Å²) in [6.07, 6.45) is 10.6. The average Bonchev–Trinajstić information content (AvgIpc) is 1.62. The molecule has 0 aliphatic carbocycles. The number of amides is 10. The highest BCUT2D eigenvalue weighted by Gasteiger charge is 2.46. The second-order valence-corrected chi connectivity index (χ2v) is 39.0. The molecule has 1 aromatic heterocycles. The Kier molecular flexibility index (Phi) is 25.6. The van der Waals surface area contributed by atoms with Crippen LogP contribution in [-0.2, 0) is 67.9 Å². The third-order valence-electron chi connectivity index (χ3n) is 30.2. The third kappa shape index (κ3) is 18.3. The molecular formula is C121H106N12O14. The molecule has 0 bridgehead atoms. The van der Waals surface area contributed by atoms with Gasteiger partial charge in [-0.25, -0.2) is 0 Å². The van der Waals surface area contributed by atoms with Gasteiger partial charge in [-0.05, 0) is 273 Å². The van der Waals surface area contributed by atoms with E-state index in [4.69, 9.17) is 0 Å². The standard InChI is InChI=1S/C26H24N2O3.C25H22N2O3.2C24H20N2O3.C22H20N4O2/c1-2-25(30)27-11-5-7-20(16-27)28-15-19-10-9-18(13-24(19)26(28)31)23-14-21(29)12-17-6-3-4-8-22(17)23;1-2-24(29)26-14-20(15-26)27-13-18-8-7-17(9-19(18)11-25(27)30)23-12-21(28)10-16-5-3-4-6-22(16)23;1-2-23(28)25-13-18(14-25)26-12-17-9-16(7-8-21(17)24(26)29)22-11-19(27)10-15-5-3-4-6-20(15)22;1-2-23(28)25-13-18(14-25)26-12-17-8-7-16(10-22(17)24(26)29)21-11-19(27)9-15-5-3-4-6-20(15)21;1-3-20(27)25-11-16(12-25)26-10-15-6-5-14(8-17(15)22(26)28)21-13(2)4-7-19-18(21)9-23-24-19/h2-4,6,8-10,12-14,20,29H,1,5,7,11,15-16H2;2-10,12,20,28H,1,11,13-15H2;2*2-11,18,27H,1,12-14H2;3-9,16H,1,10-12H2,2H3,(H,23,24). The number of phenolic OH excluding ortho intramolecular Hbond substituents is 4. The summed E-state index contributed by atoms with van der Waals surface area (Å²) in [7, 11) is 0. The van der Waals surface area contributed by atoms with Gasteiger partial charge in [0, 0.05) is 126 Å². The topological polar surface area (TPSA) is 313 Å². The van der Waals surface area contributed by atoms with Gasteiger partial charge in [-0.1, -0.05) is 197 Å². The summed E-state index contributed by atoms with van der Waals surface area (Å²) >= 11 is 0. The molecule has 0 spiro atoms. The van der Waals surface area contributed by atoms with Crippen LogP contribution < -0.4 is 0 Å². The van der Waals surface area contributed by atoms with E-state index in [2.05, 4.69) is 80.3 Å². The van der Waals surface area contributed by atoms with E-state index in [0.717, 1.165) is 167 Å². The number of piperidine rings is 1. The quantitative estimate of drug-likeness (QED) is 0.0596. The normalized spacial score (nSPS) is 16.7. The maximum absolute atomic E-state index is 13.3. The summed E-state index contributed by atoms with van der Waals surface area (Å²) in [5.74, 6) is 0.602. The predicted octanol–water partition coefficient (Wildman–Crippen LogP) is 17.9. The largest absolute Gasteiger partial charge is 0.508 e. The smallest absolute Gasteiger partial charge is 0.254 e. The first-order valence-electron chi connectivity index (χ1n) is 49.3. The van der Waals surface area contributed by atoms with E-state index in [1.54, 1.807) is 73.0 Å². The number of aromatic hydroxyl groups is 4. The molecule has 0 radical (unpaired) electrons. The first kappa shape index (κ1) is 95.4. The molecular weight excluding hydrogens is 1850 g/mol. The number of fused-ring (bicyclic) bond motifs is 10. The van der Waals surface area contributed by atoms with Gasteiger partial charge in [0.15, 0.2) is 0 Å². The number of carbonyl (C=O) groups is 10. The molecule has 26 heteroatoms. The first-order chi connectivity index (χ1) is 71.2. The summed E-state index contributed by atoms with van der Waals surface area (Å²) in [6, 6.07) is 80.2. The van der Waals surface area contributed by atoms with Crippen LogP contribution in [0.3, 0.4) is 0 Å². The number of hydrogen-bond acceptors (Lipinski definition) is 15. The zero-order valence-electron chi connectivity index (χ0n) is 81.1. The minimum absolute atomic E-state index is 0.00186. The highest BCUT2D eigenvalue weighted by atomic mass is 16.3. The predicted molar refractivity (Wildman–Crippen MR) is 566 cm³/mol. The summed E-state index contributed by atoms with van der Waals surface area (Å²) in [6.45, 7) is 28.3. The Balaban J connectivity index is 0.000000108. The van der Waals surface area contributed by atoms with Crippen LogP contribution >= 0.6 is 0 Å². The van der Waals surface area contributed by atoms with Gasteiger partial charge in [-0.3, -0.25) is 53.0 Å². The molecule has 1 atom stereocenters. The van der Waals surface area contributed by atoms with Gasteiger partial charge in [0.05, 0.1) is 48.3 Å². The number of benzene rings is 14. The van der Waals surface area contributed by atoms with Crippen molar-refractivity contribution in [3.63, 3.8) is 0 Å². The molecule has 15 aromatic rings. The number of rotatable bonds is 15.